The molecule has 0 unspecified atom stereocenters. The second-order valence-corrected chi connectivity index (χ2v) is 6.80. The van der Waals surface area contributed by atoms with Crippen LogP contribution in [0.4, 0.5) is 0 Å². The Bertz CT molecular complexity index is 1290. The van der Waals surface area contributed by atoms with E-state index in [-0.39, 0.29) is 0 Å². The van der Waals surface area contributed by atoms with Gasteiger partial charge in [-0.1, -0.05) is 12.1 Å². The second-order valence-electron chi connectivity index (χ2n) is 6.80. The third-order valence-electron chi connectivity index (χ3n) is 5.09. The fraction of sp³-hybridized carbons (Fsp3) is 0.125. The number of amides is 1. The molecule has 0 saturated heterocycles. The highest BCUT2D eigenvalue weighted by Gasteiger charge is 2.14. The van der Waals surface area contributed by atoms with E-state index in [1.54, 1.807) is 32.7 Å². The first-order valence-corrected chi connectivity index (χ1v) is 9.51. The quantitative estimate of drug-likeness (QED) is 0.510. The molecule has 0 spiro atoms. The molecule has 1 aromatic heterocycles. The number of methoxy groups -OCH3 is 3. The van der Waals surface area contributed by atoms with Crippen LogP contribution >= 0.6 is 0 Å². The van der Waals surface area contributed by atoms with Crippen molar-refractivity contribution >= 4 is 16.8 Å². The van der Waals surface area contributed by atoms with Gasteiger partial charge in [-0.25, -0.2) is 9.97 Å². The Morgan fingerprint density at radius 2 is 1.39 bits per heavy atom. The number of primary amides is 1. The Morgan fingerprint density at radius 1 is 0.742 bits per heavy atom. The van der Waals surface area contributed by atoms with E-state index in [0.717, 1.165) is 33.3 Å². The molecular weight excluding hydrogens is 394 g/mol. The van der Waals surface area contributed by atoms with E-state index in [2.05, 4.69) is 9.97 Å². The van der Waals surface area contributed by atoms with Crippen molar-refractivity contribution < 1.29 is 19.0 Å². The summed E-state index contributed by atoms with van der Waals surface area (Å²) in [6.07, 6.45) is 1.54. The fourth-order valence-corrected chi connectivity index (χ4v) is 3.52. The molecule has 0 aliphatic carbocycles. The zero-order chi connectivity index (χ0) is 22.0. The van der Waals surface area contributed by atoms with Gasteiger partial charge in [0.2, 0.25) is 0 Å². The SMILES string of the molecule is COc1ccc(-c2ncnc3ccc(-c4ccc(C(N)=O)c(OC)c4)cc23)cc1OC. The highest BCUT2D eigenvalue weighted by Crippen LogP contribution is 2.35. The summed E-state index contributed by atoms with van der Waals surface area (Å²) < 4.78 is 16.1. The third-order valence-corrected chi connectivity index (χ3v) is 5.09. The predicted octanol–water partition coefficient (Wildman–Crippen LogP) is 4.09. The smallest absolute Gasteiger partial charge is 0.252 e. The molecule has 1 heterocycles. The number of nitrogens with two attached hydrogens (primary N) is 1. The lowest BCUT2D eigenvalue weighted by Gasteiger charge is -2.12. The van der Waals surface area contributed by atoms with Crippen LogP contribution in [0.2, 0.25) is 0 Å². The molecule has 0 aliphatic rings. The van der Waals surface area contributed by atoms with Crippen LogP contribution in [-0.4, -0.2) is 37.2 Å². The van der Waals surface area contributed by atoms with Crippen molar-refractivity contribution in [3.63, 3.8) is 0 Å². The molecule has 0 saturated carbocycles. The Labute approximate surface area is 179 Å². The number of carbonyl (C=O) groups excluding carboxylic acids is 1. The van der Waals surface area contributed by atoms with Crippen LogP contribution in [-0.2, 0) is 0 Å². The van der Waals surface area contributed by atoms with Crippen LogP contribution in [0.5, 0.6) is 17.2 Å². The molecule has 4 rings (SSSR count). The summed E-state index contributed by atoms with van der Waals surface area (Å²) in [6, 6.07) is 16.9. The molecule has 7 nitrogen and oxygen atoms in total. The minimum atomic E-state index is -0.536. The van der Waals surface area contributed by atoms with E-state index in [9.17, 15) is 4.79 Å². The number of aromatic nitrogens is 2. The number of ether oxygens (including phenoxy) is 3. The van der Waals surface area contributed by atoms with E-state index in [1.165, 1.54) is 7.11 Å². The van der Waals surface area contributed by atoms with E-state index >= 15 is 0 Å². The monoisotopic (exact) mass is 415 g/mol. The van der Waals surface area contributed by atoms with Gasteiger partial charge >= 0.3 is 0 Å². The Balaban J connectivity index is 1.86. The van der Waals surface area contributed by atoms with Gasteiger partial charge in [0.1, 0.15) is 12.1 Å². The summed E-state index contributed by atoms with van der Waals surface area (Å²) in [5, 5.41) is 0.880. The van der Waals surface area contributed by atoms with Gasteiger partial charge in [-0.3, -0.25) is 4.79 Å². The van der Waals surface area contributed by atoms with Gasteiger partial charge in [0, 0.05) is 10.9 Å². The lowest BCUT2D eigenvalue weighted by molar-refractivity contribution is 0.0997. The minimum absolute atomic E-state index is 0.335. The maximum Gasteiger partial charge on any atom is 0.252 e. The van der Waals surface area contributed by atoms with Gasteiger partial charge in [-0.05, 0) is 53.6 Å². The lowest BCUT2D eigenvalue weighted by Crippen LogP contribution is -2.12. The molecule has 0 fully saturated rings. The molecule has 3 aromatic carbocycles. The zero-order valence-corrected chi connectivity index (χ0v) is 17.4. The van der Waals surface area contributed by atoms with Gasteiger partial charge < -0.3 is 19.9 Å². The van der Waals surface area contributed by atoms with Crippen molar-refractivity contribution in [1.29, 1.82) is 0 Å². The average Bonchev–Trinajstić information content (AvgIpc) is 2.82. The summed E-state index contributed by atoms with van der Waals surface area (Å²) in [7, 11) is 4.71. The molecule has 7 heteroatoms. The molecule has 2 N–H and O–H groups in total. The number of nitrogens with zero attached hydrogens (tertiary/aromatic N) is 2. The molecule has 0 aliphatic heterocycles. The van der Waals surface area contributed by atoms with Crippen molar-refractivity contribution in [3.05, 3.63) is 66.5 Å². The first-order valence-electron chi connectivity index (χ1n) is 9.51. The summed E-state index contributed by atoms with van der Waals surface area (Å²) in [4.78, 5) is 20.5. The Morgan fingerprint density at radius 3 is 2.10 bits per heavy atom. The lowest BCUT2D eigenvalue weighted by atomic mass is 9.99. The van der Waals surface area contributed by atoms with Gasteiger partial charge in [0.25, 0.3) is 5.91 Å². The van der Waals surface area contributed by atoms with Crippen molar-refractivity contribution in [2.24, 2.45) is 5.73 Å². The zero-order valence-electron chi connectivity index (χ0n) is 17.4. The van der Waals surface area contributed by atoms with E-state index < -0.39 is 5.91 Å². The topological polar surface area (TPSA) is 96.6 Å². The summed E-state index contributed by atoms with van der Waals surface area (Å²) in [5.41, 5.74) is 10.0. The highest BCUT2D eigenvalue weighted by molar-refractivity contribution is 5.98. The molecule has 156 valence electrons. The molecule has 0 radical (unpaired) electrons. The van der Waals surface area contributed by atoms with Crippen molar-refractivity contribution in [2.45, 2.75) is 0 Å². The van der Waals surface area contributed by atoms with E-state index in [0.29, 0.717) is 22.8 Å². The number of hydrogen-bond donors (Lipinski definition) is 1. The molecule has 0 atom stereocenters. The summed E-state index contributed by atoms with van der Waals surface area (Å²) in [6.45, 7) is 0. The molecular formula is C24H21N3O4. The highest BCUT2D eigenvalue weighted by atomic mass is 16.5. The number of rotatable bonds is 6. The first kappa shape index (κ1) is 20.2. The first-order chi connectivity index (χ1) is 15.0. The van der Waals surface area contributed by atoms with Crippen molar-refractivity contribution in [1.82, 2.24) is 9.97 Å². The average molecular weight is 415 g/mol. The molecule has 1 amide bonds. The Kier molecular flexibility index (Phi) is 5.41. The number of fused-ring (bicyclic) bond motifs is 1. The maximum atomic E-state index is 11.6. The molecule has 31 heavy (non-hydrogen) atoms. The third kappa shape index (κ3) is 3.73. The van der Waals surface area contributed by atoms with Crippen molar-refractivity contribution in [3.8, 4) is 39.6 Å². The second kappa shape index (κ2) is 8.31. The van der Waals surface area contributed by atoms with Crippen LogP contribution in [0.1, 0.15) is 10.4 Å². The summed E-state index contributed by atoms with van der Waals surface area (Å²) in [5.74, 6) is 1.15. The summed E-state index contributed by atoms with van der Waals surface area (Å²) >= 11 is 0. The predicted molar refractivity (Wildman–Crippen MR) is 119 cm³/mol. The number of benzene rings is 3. The van der Waals surface area contributed by atoms with Crippen molar-refractivity contribution in [2.75, 3.05) is 21.3 Å². The molecule has 4 aromatic rings. The van der Waals surface area contributed by atoms with Gasteiger partial charge in [0.05, 0.1) is 38.1 Å². The van der Waals surface area contributed by atoms with Gasteiger partial charge in [-0.15, -0.1) is 0 Å². The van der Waals surface area contributed by atoms with Crippen LogP contribution < -0.4 is 19.9 Å². The number of hydrogen-bond acceptors (Lipinski definition) is 6. The largest absolute Gasteiger partial charge is 0.496 e. The standard InChI is InChI=1S/C24H21N3O4/c1-29-20-9-6-16(12-22(20)31-3)23-18-10-14(5-8-19(18)26-13-27-23)15-4-7-17(24(25)28)21(11-15)30-2/h4-13H,1-3H3,(H2,25,28). The molecule has 0 bridgehead atoms. The van der Waals surface area contributed by atoms with Gasteiger partial charge in [0.15, 0.2) is 11.5 Å². The Hall–Kier alpha value is -4.13. The van der Waals surface area contributed by atoms with Crippen LogP contribution in [0, 0.1) is 0 Å². The fourth-order valence-electron chi connectivity index (χ4n) is 3.52. The minimum Gasteiger partial charge on any atom is -0.496 e. The van der Waals surface area contributed by atoms with Crippen LogP contribution in [0.25, 0.3) is 33.3 Å². The number of carbonyl (C=O) groups is 1. The van der Waals surface area contributed by atoms with Crippen LogP contribution in [0.15, 0.2) is 60.9 Å². The normalized spacial score (nSPS) is 10.7. The van der Waals surface area contributed by atoms with Gasteiger partial charge in [-0.2, -0.15) is 0 Å². The van der Waals surface area contributed by atoms with E-state index in [4.69, 9.17) is 19.9 Å². The maximum absolute atomic E-state index is 11.6. The van der Waals surface area contributed by atoms with Crippen LogP contribution in [0.3, 0.4) is 0 Å². The van der Waals surface area contributed by atoms with E-state index in [1.807, 2.05) is 42.5 Å².